The summed E-state index contributed by atoms with van der Waals surface area (Å²) in [4.78, 5) is 14.2. The van der Waals surface area contributed by atoms with Gasteiger partial charge in [0.1, 0.15) is 0 Å². The van der Waals surface area contributed by atoms with Crippen molar-refractivity contribution >= 4 is 5.91 Å². The molecule has 2 heterocycles. The van der Waals surface area contributed by atoms with Crippen molar-refractivity contribution in [2.45, 2.75) is 19.3 Å². The van der Waals surface area contributed by atoms with Crippen molar-refractivity contribution < 1.29 is 4.79 Å². The highest BCUT2D eigenvalue weighted by atomic mass is 16.2. The van der Waals surface area contributed by atoms with Crippen LogP contribution in [0.4, 0.5) is 0 Å². The Labute approximate surface area is 103 Å². The van der Waals surface area contributed by atoms with Crippen molar-refractivity contribution in [2.75, 3.05) is 46.3 Å². The van der Waals surface area contributed by atoms with Gasteiger partial charge in [0.15, 0.2) is 0 Å². The summed E-state index contributed by atoms with van der Waals surface area (Å²) in [7, 11) is 2.12. The summed E-state index contributed by atoms with van der Waals surface area (Å²) in [6.45, 7) is 6.04. The Bertz CT molecular complexity index is 245. The number of carbonyl (C=O) groups excluding carboxylic acids is 1. The number of hydrazine groups is 1. The molecule has 2 fully saturated rings. The van der Waals surface area contributed by atoms with E-state index in [9.17, 15) is 4.79 Å². The van der Waals surface area contributed by atoms with E-state index in [1.165, 1.54) is 12.8 Å². The lowest BCUT2D eigenvalue weighted by Crippen LogP contribution is -2.53. The number of carbonyl (C=O) groups is 1. The lowest BCUT2D eigenvalue weighted by atomic mass is 9.96. The number of likely N-dealkylation sites (N-methyl/N-ethyl adjacent to an activating group) is 1. The minimum absolute atomic E-state index is 0.184. The van der Waals surface area contributed by atoms with E-state index >= 15 is 0 Å². The van der Waals surface area contributed by atoms with E-state index in [1.54, 1.807) is 0 Å². The lowest BCUT2D eigenvalue weighted by Gasteiger charge is -2.33. The smallest absolute Gasteiger partial charge is 0.234 e. The number of nitrogens with one attached hydrogen (secondary N) is 2. The Hall–Kier alpha value is -0.650. The van der Waals surface area contributed by atoms with Crippen molar-refractivity contribution in [3.05, 3.63) is 0 Å². The van der Waals surface area contributed by atoms with Gasteiger partial charge in [0, 0.05) is 32.6 Å². The van der Waals surface area contributed by atoms with Crippen LogP contribution in [0.15, 0.2) is 0 Å². The van der Waals surface area contributed by atoms with E-state index in [4.69, 9.17) is 0 Å². The Balaban J connectivity index is 1.66. The number of piperidine rings is 1. The maximum absolute atomic E-state index is 11.9. The normalized spacial score (nSPS) is 27.9. The molecule has 0 aromatic heterocycles. The fourth-order valence-corrected chi connectivity index (χ4v) is 2.50. The zero-order chi connectivity index (χ0) is 12.1. The zero-order valence-electron chi connectivity index (χ0n) is 10.7. The molecule has 0 aromatic carbocycles. The molecule has 1 amide bonds. The van der Waals surface area contributed by atoms with Gasteiger partial charge in [-0.2, -0.15) is 0 Å². The molecule has 0 aromatic rings. The first-order valence-corrected chi connectivity index (χ1v) is 6.68. The second-order valence-electron chi connectivity index (χ2n) is 5.24. The lowest BCUT2D eigenvalue weighted by molar-refractivity contribution is -0.127. The minimum atomic E-state index is 0.184. The maximum Gasteiger partial charge on any atom is 0.234 e. The quantitative estimate of drug-likeness (QED) is 0.708. The molecule has 2 saturated heterocycles. The van der Waals surface area contributed by atoms with E-state index in [-0.39, 0.29) is 5.91 Å². The van der Waals surface area contributed by atoms with Crippen LogP contribution in [0.1, 0.15) is 19.3 Å². The first-order valence-electron chi connectivity index (χ1n) is 6.68. The Morgan fingerprint density at radius 3 is 2.76 bits per heavy atom. The third-order valence-corrected chi connectivity index (χ3v) is 3.66. The van der Waals surface area contributed by atoms with Gasteiger partial charge >= 0.3 is 0 Å². The zero-order valence-corrected chi connectivity index (χ0v) is 10.7. The van der Waals surface area contributed by atoms with Crippen LogP contribution in [0.25, 0.3) is 0 Å². The largest absolute Gasteiger partial charge is 0.316 e. The van der Waals surface area contributed by atoms with Crippen LogP contribution in [-0.4, -0.2) is 62.1 Å². The SMILES string of the molecule is CN1CCN(NC(=O)CC2CCCNC2)CC1. The number of amides is 1. The van der Waals surface area contributed by atoms with Gasteiger partial charge in [-0.1, -0.05) is 0 Å². The second kappa shape index (κ2) is 6.33. The molecule has 2 aliphatic heterocycles. The number of hydrogen-bond donors (Lipinski definition) is 2. The number of nitrogens with zero attached hydrogens (tertiary/aromatic N) is 2. The summed E-state index contributed by atoms with van der Waals surface area (Å²) in [5, 5.41) is 5.40. The molecule has 1 atom stereocenters. The summed E-state index contributed by atoms with van der Waals surface area (Å²) < 4.78 is 0. The van der Waals surface area contributed by atoms with Gasteiger partial charge < -0.3 is 10.2 Å². The number of piperazine rings is 1. The third-order valence-electron chi connectivity index (χ3n) is 3.66. The molecule has 0 radical (unpaired) electrons. The molecular weight excluding hydrogens is 216 g/mol. The first-order chi connectivity index (χ1) is 8.24. The average molecular weight is 240 g/mol. The highest BCUT2D eigenvalue weighted by Gasteiger charge is 2.19. The summed E-state index contributed by atoms with van der Waals surface area (Å²) >= 11 is 0. The predicted molar refractivity (Wildman–Crippen MR) is 67.4 cm³/mol. The predicted octanol–water partition coefficient (Wildman–Crippen LogP) is -0.345. The van der Waals surface area contributed by atoms with Crippen molar-refractivity contribution in [1.29, 1.82) is 0 Å². The topological polar surface area (TPSA) is 47.6 Å². The van der Waals surface area contributed by atoms with Gasteiger partial charge in [-0.05, 0) is 38.9 Å². The van der Waals surface area contributed by atoms with E-state index in [2.05, 4.69) is 27.7 Å². The standard InChI is InChI=1S/C12H24N4O/c1-15-5-7-16(8-6-15)14-12(17)9-11-3-2-4-13-10-11/h11,13H,2-10H2,1H3,(H,14,17). The molecule has 2 aliphatic rings. The van der Waals surface area contributed by atoms with Crippen LogP contribution in [0.2, 0.25) is 0 Å². The van der Waals surface area contributed by atoms with Crippen LogP contribution in [0, 0.1) is 5.92 Å². The minimum Gasteiger partial charge on any atom is -0.316 e. The van der Waals surface area contributed by atoms with Gasteiger partial charge in [0.25, 0.3) is 0 Å². The van der Waals surface area contributed by atoms with E-state index in [0.29, 0.717) is 12.3 Å². The third kappa shape index (κ3) is 4.26. The maximum atomic E-state index is 11.9. The Morgan fingerprint density at radius 2 is 2.12 bits per heavy atom. The van der Waals surface area contributed by atoms with Gasteiger partial charge in [-0.25, -0.2) is 5.01 Å². The highest BCUT2D eigenvalue weighted by Crippen LogP contribution is 2.13. The monoisotopic (exact) mass is 240 g/mol. The average Bonchev–Trinajstić information content (AvgIpc) is 2.33. The van der Waals surface area contributed by atoms with E-state index < -0.39 is 0 Å². The van der Waals surface area contributed by atoms with E-state index in [1.807, 2.05) is 0 Å². The van der Waals surface area contributed by atoms with Crippen molar-refractivity contribution in [1.82, 2.24) is 20.7 Å². The van der Waals surface area contributed by atoms with Crippen LogP contribution < -0.4 is 10.7 Å². The van der Waals surface area contributed by atoms with Crippen molar-refractivity contribution in [3.63, 3.8) is 0 Å². The van der Waals surface area contributed by atoms with Crippen LogP contribution in [0.3, 0.4) is 0 Å². The molecule has 98 valence electrons. The molecule has 17 heavy (non-hydrogen) atoms. The number of rotatable bonds is 3. The van der Waals surface area contributed by atoms with E-state index in [0.717, 1.165) is 39.3 Å². The molecule has 0 bridgehead atoms. The molecule has 2 rings (SSSR count). The van der Waals surface area contributed by atoms with Crippen LogP contribution in [0.5, 0.6) is 0 Å². The first kappa shape index (κ1) is 12.8. The summed E-state index contributed by atoms with van der Waals surface area (Å²) in [5.41, 5.74) is 3.03. The molecular formula is C12H24N4O. The fraction of sp³-hybridized carbons (Fsp3) is 0.917. The summed E-state index contributed by atoms with van der Waals surface area (Å²) in [5.74, 6) is 0.708. The molecule has 2 N–H and O–H groups in total. The molecule has 0 aliphatic carbocycles. The molecule has 1 unspecified atom stereocenters. The second-order valence-corrected chi connectivity index (χ2v) is 5.24. The van der Waals surface area contributed by atoms with Gasteiger partial charge in [-0.3, -0.25) is 10.2 Å². The molecule has 5 heteroatoms. The molecule has 0 saturated carbocycles. The van der Waals surface area contributed by atoms with Crippen LogP contribution >= 0.6 is 0 Å². The number of hydrogen-bond acceptors (Lipinski definition) is 4. The van der Waals surface area contributed by atoms with Crippen molar-refractivity contribution in [3.8, 4) is 0 Å². The summed E-state index contributed by atoms with van der Waals surface area (Å²) in [6, 6.07) is 0. The van der Waals surface area contributed by atoms with Crippen molar-refractivity contribution in [2.24, 2.45) is 5.92 Å². The van der Waals surface area contributed by atoms with Crippen LogP contribution in [-0.2, 0) is 4.79 Å². The Kier molecular flexibility index (Phi) is 4.76. The van der Waals surface area contributed by atoms with Gasteiger partial charge in [0.05, 0.1) is 0 Å². The summed E-state index contributed by atoms with van der Waals surface area (Å²) in [6.07, 6.45) is 3.05. The Morgan fingerprint density at radius 1 is 1.35 bits per heavy atom. The van der Waals surface area contributed by atoms with Gasteiger partial charge in [-0.15, -0.1) is 0 Å². The highest BCUT2D eigenvalue weighted by molar-refractivity contribution is 5.75. The van der Waals surface area contributed by atoms with Gasteiger partial charge in [0.2, 0.25) is 5.91 Å². The fourth-order valence-electron chi connectivity index (χ4n) is 2.50. The molecule has 0 spiro atoms. The molecule has 5 nitrogen and oxygen atoms in total.